The van der Waals surface area contributed by atoms with Gasteiger partial charge in [0.05, 0.1) is 25.7 Å². The van der Waals surface area contributed by atoms with Gasteiger partial charge in [-0.25, -0.2) is 4.79 Å². The second-order valence-electron chi connectivity index (χ2n) is 5.74. The zero-order valence-corrected chi connectivity index (χ0v) is 12.9. The molecule has 1 unspecified atom stereocenters. The number of aliphatic hydroxyl groups is 1. The Morgan fingerprint density at radius 1 is 1.30 bits per heavy atom. The van der Waals surface area contributed by atoms with E-state index in [1.165, 1.54) is 16.9 Å². The molecule has 0 rings (SSSR count). The van der Waals surface area contributed by atoms with E-state index in [0.717, 1.165) is 0 Å². The van der Waals surface area contributed by atoms with Gasteiger partial charge in [-0.2, -0.15) is 0 Å². The summed E-state index contributed by atoms with van der Waals surface area (Å²) in [4.78, 5) is 25.9. The van der Waals surface area contributed by atoms with Gasteiger partial charge in [0, 0.05) is 26.2 Å². The van der Waals surface area contributed by atoms with Crippen molar-refractivity contribution in [3.8, 4) is 0 Å². The molecule has 7 heteroatoms. The summed E-state index contributed by atoms with van der Waals surface area (Å²) in [6.45, 7) is 5.92. The number of aliphatic hydroxyl groups excluding tert-OH is 1. The fraction of sp³-hybridized carbons (Fsp3) is 0.846. The smallest absolute Gasteiger partial charge is 0.320 e. The number of carboxylic acid groups (broad SMARTS) is 1. The summed E-state index contributed by atoms with van der Waals surface area (Å²) in [5.41, 5.74) is -0.493. The van der Waals surface area contributed by atoms with Gasteiger partial charge in [0.15, 0.2) is 0 Å². The number of ether oxygens (including phenoxy) is 1. The number of methoxy groups -OCH3 is 1. The molecule has 0 aliphatic carbocycles. The van der Waals surface area contributed by atoms with Crippen molar-refractivity contribution in [2.24, 2.45) is 0 Å². The highest BCUT2D eigenvalue weighted by Crippen LogP contribution is 2.16. The van der Waals surface area contributed by atoms with E-state index in [-0.39, 0.29) is 32.1 Å². The van der Waals surface area contributed by atoms with Crippen LogP contribution >= 0.6 is 0 Å². The number of aliphatic carboxylic acids is 1. The van der Waals surface area contributed by atoms with Crippen LogP contribution < -0.4 is 0 Å². The van der Waals surface area contributed by atoms with E-state index in [9.17, 15) is 14.7 Å². The summed E-state index contributed by atoms with van der Waals surface area (Å²) in [6.07, 6.45) is -0.882. The normalized spacial score (nSPS) is 12.9. The molecule has 2 amide bonds. The van der Waals surface area contributed by atoms with Crippen molar-refractivity contribution < 1.29 is 24.5 Å². The molecule has 2 N–H and O–H groups in total. The second kappa shape index (κ2) is 8.06. The molecular formula is C13H26N2O5. The topological polar surface area (TPSA) is 90.3 Å². The van der Waals surface area contributed by atoms with E-state index in [1.54, 1.807) is 7.05 Å². The van der Waals surface area contributed by atoms with Crippen molar-refractivity contribution in [3.63, 3.8) is 0 Å². The molecule has 0 saturated carbocycles. The van der Waals surface area contributed by atoms with Crippen LogP contribution in [-0.4, -0.2) is 77.5 Å². The average molecular weight is 290 g/mol. The lowest BCUT2D eigenvalue weighted by molar-refractivity contribution is -0.137. The van der Waals surface area contributed by atoms with E-state index >= 15 is 0 Å². The fourth-order valence-electron chi connectivity index (χ4n) is 1.77. The van der Waals surface area contributed by atoms with Crippen molar-refractivity contribution >= 4 is 12.0 Å². The van der Waals surface area contributed by atoms with Crippen molar-refractivity contribution in [2.75, 3.05) is 33.9 Å². The molecule has 0 spiro atoms. The molecular weight excluding hydrogens is 264 g/mol. The predicted molar refractivity (Wildman–Crippen MR) is 74.6 cm³/mol. The van der Waals surface area contributed by atoms with Gasteiger partial charge in [-0.1, -0.05) is 0 Å². The molecule has 0 aromatic carbocycles. The third-order valence-corrected chi connectivity index (χ3v) is 2.76. The number of carbonyl (C=O) groups excluding carboxylic acids is 1. The average Bonchev–Trinajstić information content (AvgIpc) is 2.26. The Morgan fingerprint density at radius 2 is 1.85 bits per heavy atom. The van der Waals surface area contributed by atoms with Crippen LogP contribution in [0.15, 0.2) is 0 Å². The first-order chi connectivity index (χ1) is 9.09. The standard InChI is InChI=1S/C13H26N2O5/c1-13(2,3)15(7-6-11(17)18)12(19)14(4)8-10(16)9-20-5/h10,16H,6-9H2,1-5H3,(H,17,18). The first kappa shape index (κ1) is 18.7. The van der Waals surface area contributed by atoms with Gasteiger partial charge >= 0.3 is 12.0 Å². The highest BCUT2D eigenvalue weighted by atomic mass is 16.5. The van der Waals surface area contributed by atoms with E-state index < -0.39 is 17.6 Å². The van der Waals surface area contributed by atoms with Gasteiger partial charge in [0.25, 0.3) is 0 Å². The number of urea groups is 1. The Hall–Kier alpha value is -1.34. The SMILES string of the molecule is COCC(O)CN(C)C(=O)N(CCC(=O)O)C(C)(C)C. The lowest BCUT2D eigenvalue weighted by Gasteiger charge is -2.38. The summed E-state index contributed by atoms with van der Waals surface area (Å²) in [5.74, 6) is -0.950. The molecule has 0 heterocycles. The minimum atomic E-state index is -0.950. The second-order valence-corrected chi connectivity index (χ2v) is 5.74. The third-order valence-electron chi connectivity index (χ3n) is 2.76. The number of hydrogen-bond acceptors (Lipinski definition) is 4. The van der Waals surface area contributed by atoms with Crippen LogP contribution in [0.25, 0.3) is 0 Å². The molecule has 0 aromatic heterocycles. The van der Waals surface area contributed by atoms with Crippen LogP contribution in [0.4, 0.5) is 4.79 Å². The monoisotopic (exact) mass is 290 g/mol. The summed E-state index contributed by atoms with van der Waals surface area (Å²) in [7, 11) is 3.04. The van der Waals surface area contributed by atoms with Crippen LogP contribution in [0.3, 0.4) is 0 Å². The molecule has 118 valence electrons. The summed E-state index contributed by atoms with van der Waals surface area (Å²) in [5, 5.41) is 18.4. The number of carbonyl (C=O) groups is 2. The van der Waals surface area contributed by atoms with Crippen LogP contribution in [0.5, 0.6) is 0 Å². The Morgan fingerprint density at radius 3 is 2.25 bits per heavy atom. The van der Waals surface area contributed by atoms with Gasteiger partial charge < -0.3 is 24.7 Å². The largest absolute Gasteiger partial charge is 0.481 e. The Kier molecular flexibility index (Phi) is 7.52. The number of amides is 2. The minimum absolute atomic E-state index is 0.114. The Bertz CT molecular complexity index is 327. The maximum atomic E-state index is 12.3. The molecule has 0 aliphatic heterocycles. The van der Waals surface area contributed by atoms with Gasteiger partial charge in [-0.05, 0) is 20.8 Å². The molecule has 20 heavy (non-hydrogen) atoms. The summed E-state index contributed by atoms with van der Waals surface area (Å²) >= 11 is 0. The van der Waals surface area contributed by atoms with Gasteiger partial charge in [-0.15, -0.1) is 0 Å². The maximum Gasteiger partial charge on any atom is 0.320 e. The zero-order chi connectivity index (χ0) is 15.9. The van der Waals surface area contributed by atoms with Crippen LogP contribution in [0.1, 0.15) is 27.2 Å². The van der Waals surface area contributed by atoms with Crippen LogP contribution in [0, 0.1) is 0 Å². The van der Waals surface area contributed by atoms with E-state index in [2.05, 4.69) is 0 Å². The molecule has 0 aromatic rings. The summed E-state index contributed by atoms with van der Waals surface area (Å²) in [6, 6.07) is -0.311. The number of nitrogens with zero attached hydrogens (tertiary/aromatic N) is 2. The quantitative estimate of drug-likeness (QED) is 0.717. The fourth-order valence-corrected chi connectivity index (χ4v) is 1.77. The number of hydrogen-bond donors (Lipinski definition) is 2. The molecule has 0 fully saturated rings. The molecule has 0 radical (unpaired) electrons. The molecule has 0 saturated heterocycles. The van der Waals surface area contributed by atoms with Crippen LogP contribution in [-0.2, 0) is 9.53 Å². The molecule has 0 aliphatic rings. The van der Waals surface area contributed by atoms with E-state index in [0.29, 0.717) is 0 Å². The highest BCUT2D eigenvalue weighted by molar-refractivity contribution is 5.76. The summed E-state index contributed by atoms with van der Waals surface area (Å²) < 4.78 is 4.81. The lowest BCUT2D eigenvalue weighted by atomic mass is 10.1. The van der Waals surface area contributed by atoms with Gasteiger partial charge in [0.1, 0.15) is 0 Å². The number of likely N-dealkylation sites (N-methyl/N-ethyl adjacent to an activating group) is 1. The Labute approximate surface area is 120 Å². The Balaban J connectivity index is 4.72. The number of carboxylic acids is 1. The molecule has 7 nitrogen and oxygen atoms in total. The third kappa shape index (κ3) is 6.72. The van der Waals surface area contributed by atoms with E-state index in [4.69, 9.17) is 9.84 Å². The van der Waals surface area contributed by atoms with Crippen molar-refractivity contribution in [3.05, 3.63) is 0 Å². The minimum Gasteiger partial charge on any atom is -0.481 e. The van der Waals surface area contributed by atoms with E-state index in [1.807, 2.05) is 20.8 Å². The van der Waals surface area contributed by atoms with Gasteiger partial charge in [-0.3, -0.25) is 4.79 Å². The van der Waals surface area contributed by atoms with Crippen molar-refractivity contribution in [1.29, 1.82) is 0 Å². The van der Waals surface area contributed by atoms with Gasteiger partial charge in [0.2, 0.25) is 0 Å². The maximum absolute atomic E-state index is 12.3. The highest BCUT2D eigenvalue weighted by Gasteiger charge is 2.29. The van der Waals surface area contributed by atoms with Crippen LogP contribution in [0.2, 0.25) is 0 Å². The molecule has 1 atom stereocenters. The first-order valence-electron chi connectivity index (χ1n) is 6.51. The first-order valence-corrected chi connectivity index (χ1v) is 6.51. The number of rotatable bonds is 7. The molecule has 0 bridgehead atoms. The lowest BCUT2D eigenvalue weighted by Crippen LogP contribution is -2.53. The zero-order valence-electron chi connectivity index (χ0n) is 12.9. The van der Waals surface area contributed by atoms with Crippen molar-refractivity contribution in [1.82, 2.24) is 9.80 Å². The van der Waals surface area contributed by atoms with Crippen molar-refractivity contribution in [2.45, 2.75) is 38.8 Å². The predicted octanol–water partition coefficient (Wildman–Crippen LogP) is 0.621.